The molecule has 0 spiro atoms. The number of aromatic nitrogens is 2. The summed E-state index contributed by atoms with van der Waals surface area (Å²) in [5.74, 6) is 0.00780. The first-order valence-electron chi connectivity index (χ1n) is 6.28. The van der Waals surface area contributed by atoms with Gasteiger partial charge in [-0.2, -0.15) is 0 Å². The summed E-state index contributed by atoms with van der Waals surface area (Å²) in [6, 6.07) is 0.734. The molecule has 1 aliphatic carbocycles. The van der Waals surface area contributed by atoms with E-state index in [0.717, 1.165) is 25.6 Å². The number of nitrogens with one attached hydrogen (secondary N) is 2. The number of halogens is 1. The van der Waals surface area contributed by atoms with Gasteiger partial charge < -0.3 is 10.6 Å². The Morgan fingerprint density at radius 3 is 2.88 bits per heavy atom. The molecule has 1 aromatic heterocycles. The van der Waals surface area contributed by atoms with Crippen molar-refractivity contribution in [1.82, 2.24) is 15.3 Å². The van der Waals surface area contributed by atoms with Crippen LogP contribution in [0.4, 0.5) is 10.2 Å². The first-order chi connectivity index (χ1) is 8.31. The summed E-state index contributed by atoms with van der Waals surface area (Å²) in [6.45, 7) is 3.59. The van der Waals surface area contributed by atoms with Gasteiger partial charge in [0, 0.05) is 12.6 Å². The summed E-state index contributed by atoms with van der Waals surface area (Å²) in [6.07, 6.45) is 5.57. The summed E-state index contributed by atoms with van der Waals surface area (Å²) >= 11 is 0. The van der Waals surface area contributed by atoms with Gasteiger partial charge in [-0.05, 0) is 32.2 Å². The van der Waals surface area contributed by atoms with Crippen LogP contribution in [0.5, 0.6) is 0 Å². The van der Waals surface area contributed by atoms with Crippen molar-refractivity contribution in [1.29, 1.82) is 0 Å². The second-order valence-electron chi connectivity index (χ2n) is 4.35. The van der Waals surface area contributed by atoms with Gasteiger partial charge in [-0.15, -0.1) is 0 Å². The van der Waals surface area contributed by atoms with Crippen LogP contribution in [0.3, 0.4) is 0 Å². The summed E-state index contributed by atoms with van der Waals surface area (Å²) in [5, 5.41) is 6.43. The molecule has 0 aliphatic heterocycles. The second kappa shape index (κ2) is 5.91. The molecule has 0 aromatic carbocycles. The average molecular weight is 238 g/mol. The van der Waals surface area contributed by atoms with E-state index in [1.807, 2.05) is 6.92 Å². The molecule has 0 radical (unpaired) electrons. The van der Waals surface area contributed by atoms with E-state index in [1.165, 1.54) is 19.2 Å². The fourth-order valence-corrected chi connectivity index (χ4v) is 1.66. The molecular weight excluding hydrogens is 219 g/mol. The lowest BCUT2D eigenvalue weighted by molar-refractivity contribution is 0.594. The van der Waals surface area contributed by atoms with Gasteiger partial charge in [0.1, 0.15) is 6.33 Å². The monoisotopic (exact) mass is 238 g/mol. The highest BCUT2D eigenvalue weighted by atomic mass is 19.1. The van der Waals surface area contributed by atoms with Gasteiger partial charge in [0.15, 0.2) is 11.6 Å². The summed E-state index contributed by atoms with van der Waals surface area (Å²) in [5.41, 5.74) is 0.471. The Morgan fingerprint density at radius 1 is 1.35 bits per heavy atom. The van der Waals surface area contributed by atoms with Gasteiger partial charge in [0.05, 0.1) is 5.69 Å². The molecule has 0 saturated heterocycles. The third kappa shape index (κ3) is 3.63. The van der Waals surface area contributed by atoms with Crippen molar-refractivity contribution in [3.05, 3.63) is 17.8 Å². The molecule has 1 saturated carbocycles. The Hall–Kier alpha value is -1.23. The molecule has 4 nitrogen and oxygen atoms in total. The third-order valence-electron chi connectivity index (χ3n) is 2.85. The van der Waals surface area contributed by atoms with E-state index in [1.54, 1.807) is 0 Å². The minimum Gasteiger partial charge on any atom is -0.367 e. The maximum atomic E-state index is 13.7. The van der Waals surface area contributed by atoms with Crippen molar-refractivity contribution < 1.29 is 4.39 Å². The lowest BCUT2D eigenvalue weighted by atomic mass is 10.3. The van der Waals surface area contributed by atoms with Crippen molar-refractivity contribution in [3.63, 3.8) is 0 Å². The van der Waals surface area contributed by atoms with Crippen LogP contribution in [-0.4, -0.2) is 29.1 Å². The maximum absolute atomic E-state index is 13.7. The number of anilines is 1. The van der Waals surface area contributed by atoms with Crippen LogP contribution in [0.25, 0.3) is 0 Å². The van der Waals surface area contributed by atoms with Crippen molar-refractivity contribution in [2.75, 3.05) is 18.4 Å². The van der Waals surface area contributed by atoms with Gasteiger partial charge in [-0.3, -0.25) is 0 Å². The van der Waals surface area contributed by atoms with Gasteiger partial charge in [-0.25, -0.2) is 14.4 Å². The van der Waals surface area contributed by atoms with Crippen LogP contribution < -0.4 is 10.6 Å². The first-order valence-corrected chi connectivity index (χ1v) is 6.28. The van der Waals surface area contributed by atoms with Gasteiger partial charge >= 0.3 is 0 Å². The van der Waals surface area contributed by atoms with Crippen molar-refractivity contribution >= 4 is 5.82 Å². The van der Waals surface area contributed by atoms with E-state index in [0.29, 0.717) is 17.9 Å². The predicted molar refractivity (Wildman–Crippen MR) is 65.5 cm³/mol. The zero-order valence-electron chi connectivity index (χ0n) is 10.2. The average Bonchev–Trinajstić information content (AvgIpc) is 3.15. The minimum absolute atomic E-state index is 0.315. The zero-order chi connectivity index (χ0) is 12.1. The molecule has 0 atom stereocenters. The van der Waals surface area contributed by atoms with Crippen LogP contribution in [0.2, 0.25) is 0 Å². The molecular formula is C12H19FN4. The highest BCUT2D eigenvalue weighted by molar-refractivity contribution is 5.37. The predicted octanol–water partition coefficient (Wildman–Crippen LogP) is 1.73. The van der Waals surface area contributed by atoms with Gasteiger partial charge in [0.2, 0.25) is 0 Å². The number of hydrogen-bond acceptors (Lipinski definition) is 4. The van der Waals surface area contributed by atoms with Gasteiger partial charge in [0.25, 0.3) is 0 Å². The second-order valence-corrected chi connectivity index (χ2v) is 4.35. The minimum atomic E-state index is -0.315. The van der Waals surface area contributed by atoms with Crippen LogP contribution >= 0.6 is 0 Å². The zero-order valence-corrected chi connectivity index (χ0v) is 10.2. The molecule has 2 rings (SSSR count). The quantitative estimate of drug-likeness (QED) is 0.710. The van der Waals surface area contributed by atoms with Crippen LogP contribution in [0.1, 0.15) is 31.9 Å². The summed E-state index contributed by atoms with van der Waals surface area (Å²) in [4.78, 5) is 7.81. The SMILES string of the molecule is CCc1ncnc(NCCCNC2CC2)c1F. The van der Waals surface area contributed by atoms with E-state index in [9.17, 15) is 4.39 Å². The van der Waals surface area contributed by atoms with Crippen molar-refractivity contribution in [2.45, 2.75) is 38.6 Å². The topological polar surface area (TPSA) is 49.8 Å². The molecule has 17 heavy (non-hydrogen) atoms. The Bertz CT molecular complexity index is 366. The van der Waals surface area contributed by atoms with Gasteiger partial charge in [-0.1, -0.05) is 6.92 Å². The van der Waals surface area contributed by atoms with E-state index >= 15 is 0 Å². The fourth-order valence-electron chi connectivity index (χ4n) is 1.66. The van der Waals surface area contributed by atoms with Crippen molar-refractivity contribution in [2.24, 2.45) is 0 Å². The molecule has 0 bridgehead atoms. The number of nitrogens with zero attached hydrogens (tertiary/aromatic N) is 2. The van der Waals surface area contributed by atoms with Crippen LogP contribution in [0.15, 0.2) is 6.33 Å². The van der Waals surface area contributed by atoms with E-state index in [4.69, 9.17) is 0 Å². The summed E-state index contributed by atoms with van der Waals surface area (Å²) in [7, 11) is 0. The highest BCUT2D eigenvalue weighted by Crippen LogP contribution is 2.18. The van der Waals surface area contributed by atoms with Crippen molar-refractivity contribution in [3.8, 4) is 0 Å². The Morgan fingerprint density at radius 2 is 2.18 bits per heavy atom. The number of rotatable bonds is 7. The molecule has 94 valence electrons. The lowest BCUT2D eigenvalue weighted by Crippen LogP contribution is -2.20. The summed E-state index contributed by atoms with van der Waals surface area (Å²) < 4.78 is 13.7. The molecule has 1 fully saturated rings. The normalized spacial score (nSPS) is 14.9. The molecule has 1 heterocycles. The molecule has 1 aliphatic rings. The molecule has 1 aromatic rings. The van der Waals surface area contributed by atoms with E-state index < -0.39 is 0 Å². The molecule has 2 N–H and O–H groups in total. The van der Waals surface area contributed by atoms with E-state index in [-0.39, 0.29) is 5.82 Å². The fraction of sp³-hybridized carbons (Fsp3) is 0.667. The number of aryl methyl sites for hydroxylation is 1. The number of hydrogen-bond donors (Lipinski definition) is 2. The Balaban J connectivity index is 1.73. The molecule has 0 amide bonds. The Labute approximate surface area is 101 Å². The van der Waals surface area contributed by atoms with E-state index in [2.05, 4.69) is 20.6 Å². The Kier molecular flexibility index (Phi) is 4.25. The lowest BCUT2D eigenvalue weighted by Gasteiger charge is -2.08. The maximum Gasteiger partial charge on any atom is 0.186 e. The smallest absolute Gasteiger partial charge is 0.186 e. The standard InChI is InChI=1S/C12H19FN4/c1-2-10-11(13)12(17-8-16-10)15-7-3-6-14-9-4-5-9/h8-9,14H,2-7H2,1H3,(H,15,16,17). The largest absolute Gasteiger partial charge is 0.367 e. The third-order valence-corrected chi connectivity index (χ3v) is 2.85. The van der Waals surface area contributed by atoms with Crippen LogP contribution in [-0.2, 0) is 6.42 Å². The first kappa shape index (κ1) is 12.2. The molecule has 5 heteroatoms. The van der Waals surface area contributed by atoms with Crippen LogP contribution in [0, 0.1) is 5.82 Å². The highest BCUT2D eigenvalue weighted by Gasteiger charge is 2.19. The molecule has 0 unspecified atom stereocenters.